The minimum absolute atomic E-state index is 0.0352. The van der Waals surface area contributed by atoms with Crippen molar-refractivity contribution in [2.24, 2.45) is 4.99 Å². The van der Waals surface area contributed by atoms with Gasteiger partial charge < -0.3 is 15.4 Å². The van der Waals surface area contributed by atoms with Crippen molar-refractivity contribution in [1.82, 2.24) is 10.6 Å². The number of rotatable bonds is 6. The molecule has 0 aliphatic heterocycles. The largest absolute Gasteiger partial charge is 0.484 e. The predicted octanol–water partition coefficient (Wildman–Crippen LogP) is 3.77. The third-order valence-corrected chi connectivity index (χ3v) is 3.46. The monoisotopic (exact) mass is 387 g/mol. The van der Waals surface area contributed by atoms with E-state index in [1.165, 1.54) is 19.2 Å². The molecule has 0 heterocycles. The Morgan fingerprint density at radius 2 is 1.67 bits per heavy atom. The van der Waals surface area contributed by atoms with E-state index >= 15 is 0 Å². The summed E-state index contributed by atoms with van der Waals surface area (Å²) in [5.41, 5.74) is 0.929. The molecule has 2 N–H and O–H groups in total. The molecule has 0 fully saturated rings. The first-order valence-corrected chi connectivity index (χ1v) is 7.94. The Morgan fingerprint density at radius 3 is 2.30 bits per heavy atom. The highest BCUT2D eigenvalue weighted by Crippen LogP contribution is 2.18. The number of alkyl halides is 3. The molecule has 2 rings (SSSR count). The third kappa shape index (κ3) is 7.12. The van der Waals surface area contributed by atoms with Crippen LogP contribution in [-0.4, -0.2) is 25.8 Å². The summed E-state index contributed by atoms with van der Waals surface area (Å²) in [5, 5.41) is 5.82. The number of hydrogen-bond donors (Lipinski definition) is 2. The Kier molecular flexibility index (Phi) is 6.98. The first-order chi connectivity index (χ1) is 12.8. The Balaban J connectivity index is 1.84. The van der Waals surface area contributed by atoms with Gasteiger partial charge in [0, 0.05) is 25.7 Å². The molecule has 0 spiro atoms. The van der Waals surface area contributed by atoms with Gasteiger partial charge >= 0.3 is 6.18 Å². The van der Waals surface area contributed by atoms with Gasteiger partial charge in [-0.15, -0.1) is 0 Å². The van der Waals surface area contributed by atoms with Gasteiger partial charge in [-0.05, 0) is 35.9 Å². The average Bonchev–Trinajstić information content (AvgIpc) is 2.63. The van der Waals surface area contributed by atoms with Crippen molar-refractivity contribution in [2.45, 2.75) is 19.3 Å². The second-order valence-electron chi connectivity index (χ2n) is 5.56. The van der Waals surface area contributed by atoms with Crippen molar-refractivity contribution in [2.75, 3.05) is 13.7 Å². The molecule has 27 heavy (non-hydrogen) atoms. The first-order valence-electron chi connectivity index (χ1n) is 7.94. The lowest BCUT2D eigenvalue weighted by atomic mass is 10.2. The fraction of sp³-hybridized carbons (Fsp3) is 0.278. The minimum Gasteiger partial charge on any atom is -0.484 e. The van der Waals surface area contributed by atoms with E-state index in [9.17, 15) is 22.0 Å². The maximum atomic E-state index is 13.6. The van der Waals surface area contributed by atoms with E-state index in [2.05, 4.69) is 20.4 Å². The van der Waals surface area contributed by atoms with Crippen LogP contribution < -0.4 is 15.4 Å². The second-order valence-corrected chi connectivity index (χ2v) is 5.56. The molecule has 9 heteroatoms. The Hall–Kier alpha value is -2.84. The van der Waals surface area contributed by atoms with Crippen LogP contribution in [0.25, 0.3) is 0 Å². The van der Waals surface area contributed by atoms with Crippen LogP contribution in [0.4, 0.5) is 22.0 Å². The van der Waals surface area contributed by atoms with Gasteiger partial charge in [-0.25, -0.2) is 8.78 Å². The normalized spacial score (nSPS) is 12.0. The maximum absolute atomic E-state index is 13.6. The lowest BCUT2D eigenvalue weighted by molar-refractivity contribution is -0.153. The Bertz CT molecular complexity index is 776. The van der Waals surface area contributed by atoms with Crippen LogP contribution in [0.3, 0.4) is 0 Å². The molecule has 4 nitrogen and oxygen atoms in total. The molecule has 0 aromatic heterocycles. The van der Waals surface area contributed by atoms with E-state index in [1.807, 2.05) is 0 Å². The van der Waals surface area contributed by atoms with E-state index in [0.29, 0.717) is 12.5 Å². The summed E-state index contributed by atoms with van der Waals surface area (Å²) in [6.45, 7) is -0.990. The highest BCUT2D eigenvalue weighted by Gasteiger charge is 2.28. The summed E-state index contributed by atoms with van der Waals surface area (Å²) in [4.78, 5) is 3.97. The van der Waals surface area contributed by atoms with Gasteiger partial charge in [0.2, 0.25) is 0 Å². The van der Waals surface area contributed by atoms with Crippen molar-refractivity contribution in [3.63, 3.8) is 0 Å². The molecule has 0 bridgehead atoms. The van der Waals surface area contributed by atoms with Crippen molar-refractivity contribution in [1.29, 1.82) is 0 Å². The van der Waals surface area contributed by atoms with Gasteiger partial charge in [0.25, 0.3) is 0 Å². The number of nitrogens with zero attached hydrogens (tertiary/aromatic N) is 1. The van der Waals surface area contributed by atoms with Gasteiger partial charge in [-0.1, -0.05) is 12.1 Å². The summed E-state index contributed by atoms with van der Waals surface area (Å²) < 4.78 is 67.7. The van der Waals surface area contributed by atoms with E-state index < -0.39 is 24.4 Å². The van der Waals surface area contributed by atoms with Crippen molar-refractivity contribution in [3.8, 4) is 5.75 Å². The van der Waals surface area contributed by atoms with Crippen molar-refractivity contribution < 1.29 is 26.7 Å². The van der Waals surface area contributed by atoms with Crippen molar-refractivity contribution in [3.05, 3.63) is 65.2 Å². The van der Waals surface area contributed by atoms with Gasteiger partial charge in [0.05, 0.1) is 0 Å². The standard InChI is InChI=1S/C18H18F5N3O/c1-24-17(26-10-13-8-14(19)4-7-16(13)20)25-9-12-2-5-15(6-3-12)27-11-18(21,22)23/h2-8H,9-11H2,1H3,(H2,24,25,26). The molecule has 0 atom stereocenters. The number of aliphatic imine (C=N–C) groups is 1. The zero-order valence-corrected chi connectivity index (χ0v) is 14.4. The summed E-state index contributed by atoms with van der Waals surface area (Å²) in [7, 11) is 1.52. The molecule has 0 saturated carbocycles. The SMILES string of the molecule is CN=C(NCc1ccc(OCC(F)(F)F)cc1)NCc1cc(F)ccc1F. The molecular formula is C18H18F5N3O. The maximum Gasteiger partial charge on any atom is 0.422 e. The molecule has 2 aromatic rings. The number of nitrogens with one attached hydrogen (secondary N) is 2. The van der Waals surface area contributed by atoms with Crippen LogP contribution in [0, 0.1) is 11.6 Å². The Labute approximate surface area is 153 Å². The number of ether oxygens (including phenoxy) is 1. The zero-order valence-electron chi connectivity index (χ0n) is 14.4. The summed E-state index contributed by atoms with van der Waals surface area (Å²) in [6, 6.07) is 9.26. The lowest BCUT2D eigenvalue weighted by Gasteiger charge is -2.13. The van der Waals surface area contributed by atoms with Crippen LogP contribution in [0.1, 0.15) is 11.1 Å². The Morgan fingerprint density at radius 1 is 1.00 bits per heavy atom. The summed E-state index contributed by atoms with van der Waals surface area (Å²) in [6.07, 6.45) is -4.39. The molecule has 0 unspecified atom stereocenters. The minimum atomic E-state index is -4.39. The van der Waals surface area contributed by atoms with Crippen LogP contribution in [-0.2, 0) is 13.1 Å². The van der Waals surface area contributed by atoms with Gasteiger partial charge in [0.1, 0.15) is 17.4 Å². The molecule has 2 aromatic carbocycles. The quantitative estimate of drug-likeness (QED) is 0.451. The van der Waals surface area contributed by atoms with Crippen LogP contribution in [0.15, 0.2) is 47.5 Å². The predicted molar refractivity (Wildman–Crippen MR) is 91.4 cm³/mol. The fourth-order valence-corrected chi connectivity index (χ4v) is 2.13. The number of benzene rings is 2. The van der Waals surface area contributed by atoms with E-state index in [0.717, 1.165) is 23.8 Å². The zero-order chi connectivity index (χ0) is 19.9. The van der Waals surface area contributed by atoms with Gasteiger partial charge in [0.15, 0.2) is 12.6 Å². The highest BCUT2D eigenvalue weighted by molar-refractivity contribution is 5.79. The topological polar surface area (TPSA) is 45.7 Å². The van der Waals surface area contributed by atoms with Crippen LogP contribution in [0.5, 0.6) is 5.75 Å². The molecule has 0 amide bonds. The molecular weight excluding hydrogens is 369 g/mol. The third-order valence-electron chi connectivity index (χ3n) is 3.46. The number of guanidine groups is 1. The van der Waals surface area contributed by atoms with Crippen LogP contribution >= 0.6 is 0 Å². The highest BCUT2D eigenvalue weighted by atomic mass is 19.4. The fourth-order valence-electron chi connectivity index (χ4n) is 2.13. The summed E-state index contributed by atoms with van der Waals surface area (Å²) >= 11 is 0. The van der Waals surface area contributed by atoms with E-state index in [1.54, 1.807) is 12.1 Å². The molecule has 0 aliphatic carbocycles. The molecule has 0 radical (unpaired) electrons. The van der Waals surface area contributed by atoms with Gasteiger partial charge in [-0.2, -0.15) is 13.2 Å². The molecule has 146 valence electrons. The van der Waals surface area contributed by atoms with E-state index in [4.69, 9.17) is 0 Å². The van der Waals surface area contributed by atoms with E-state index in [-0.39, 0.29) is 17.9 Å². The number of hydrogen-bond acceptors (Lipinski definition) is 2. The van der Waals surface area contributed by atoms with Gasteiger partial charge in [-0.3, -0.25) is 4.99 Å². The lowest BCUT2D eigenvalue weighted by Crippen LogP contribution is -2.36. The van der Waals surface area contributed by atoms with Crippen LogP contribution in [0.2, 0.25) is 0 Å². The average molecular weight is 387 g/mol. The number of halogens is 5. The first kappa shape index (κ1) is 20.5. The van der Waals surface area contributed by atoms with Crippen molar-refractivity contribution >= 4 is 5.96 Å². The molecule has 0 saturated heterocycles. The summed E-state index contributed by atoms with van der Waals surface area (Å²) in [5.74, 6) is -0.603. The molecule has 0 aliphatic rings. The smallest absolute Gasteiger partial charge is 0.422 e. The second kappa shape index (κ2) is 9.20.